The summed E-state index contributed by atoms with van der Waals surface area (Å²) in [6.07, 6.45) is 0. The third kappa shape index (κ3) is 2.63. The third-order valence-corrected chi connectivity index (χ3v) is 2.64. The van der Waals surface area contributed by atoms with Gasteiger partial charge < -0.3 is 14.8 Å². The van der Waals surface area contributed by atoms with Gasteiger partial charge in [0.05, 0.1) is 19.9 Å². The molecule has 0 unspecified atom stereocenters. The Kier molecular flexibility index (Phi) is 3.74. The second-order valence-corrected chi connectivity index (χ2v) is 3.92. The average molecular weight is 278 g/mol. The van der Waals surface area contributed by atoms with Gasteiger partial charge in [-0.1, -0.05) is 0 Å². The van der Waals surface area contributed by atoms with Crippen LogP contribution < -0.4 is 20.5 Å². The summed E-state index contributed by atoms with van der Waals surface area (Å²) in [6, 6.07) is 4.98. The van der Waals surface area contributed by atoms with E-state index in [1.807, 2.05) is 0 Å². The molecule has 8 nitrogen and oxygen atoms in total. The highest BCUT2D eigenvalue weighted by Gasteiger charge is 2.14. The minimum atomic E-state index is -0.547. The summed E-state index contributed by atoms with van der Waals surface area (Å²) in [5, 5.41) is 6.37. The van der Waals surface area contributed by atoms with Gasteiger partial charge >= 0.3 is 5.69 Å². The number of aromatic amines is 1. The first-order valence-corrected chi connectivity index (χ1v) is 5.72. The van der Waals surface area contributed by atoms with Gasteiger partial charge in [0.15, 0.2) is 0 Å². The van der Waals surface area contributed by atoms with E-state index in [1.165, 1.54) is 21.3 Å². The SMILES string of the molecule is COc1ccc(OC)c(NC(=O)c2nn(C)c(=O)[nH]2)c1. The van der Waals surface area contributed by atoms with Crippen LogP contribution in [0, 0.1) is 0 Å². The van der Waals surface area contributed by atoms with Crippen molar-refractivity contribution in [1.82, 2.24) is 14.8 Å². The summed E-state index contributed by atoms with van der Waals surface area (Å²) >= 11 is 0. The van der Waals surface area contributed by atoms with Crippen LogP contribution in [-0.4, -0.2) is 34.9 Å². The molecule has 20 heavy (non-hydrogen) atoms. The fourth-order valence-electron chi connectivity index (χ4n) is 1.60. The van der Waals surface area contributed by atoms with Gasteiger partial charge in [-0.3, -0.25) is 9.78 Å². The number of ether oxygens (including phenoxy) is 2. The van der Waals surface area contributed by atoms with Crippen molar-refractivity contribution in [2.45, 2.75) is 0 Å². The Labute approximate surface area is 114 Å². The lowest BCUT2D eigenvalue weighted by Crippen LogP contribution is -2.15. The van der Waals surface area contributed by atoms with E-state index in [9.17, 15) is 9.59 Å². The van der Waals surface area contributed by atoms with Gasteiger partial charge in [0.25, 0.3) is 5.91 Å². The number of amides is 1. The fourth-order valence-corrected chi connectivity index (χ4v) is 1.60. The molecule has 0 saturated carbocycles. The monoisotopic (exact) mass is 278 g/mol. The van der Waals surface area contributed by atoms with Crippen LogP contribution in [0.2, 0.25) is 0 Å². The Morgan fingerprint density at radius 3 is 2.65 bits per heavy atom. The predicted molar refractivity (Wildman–Crippen MR) is 71.3 cm³/mol. The Morgan fingerprint density at radius 1 is 1.35 bits per heavy atom. The number of nitrogens with one attached hydrogen (secondary N) is 2. The maximum absolute atomic E-state index is 12.0. The van der Waals surface area contributed by atoms with Crippen molar-refractivity contribution in [2.75, 3.05) is 19.5 Å². The summed E-state index contributed by atoms with van der Waals surface area (Å²) in [5.74, 6) is 0.407. The summed E-state index contributed by atoms with van der Waals surface area (Å²) < 4.78 is 11.3. The van der Waals surface area contributed by atoms with Crippen molar-refractivity contribution >= 4 is 11.6 Å². The second-order valence-electron chi connectivity index (χ2n) is 3.92. The fraction of sp³-hybridized carbons (Fsp3) is 0.250. The molecular weight excluding hydrogens is 264 g/mol. The van der Waals surface area contributed by atoms with E-state index in [2.05, 4.69) is 15.4 Å². The van der Waals surface area contributed by atoms with Crippen LogP contribution in [0.1, 0.15) is 10.6 Å². The van der Waals surface area contributed by atoms with Gasteiger partial charge in [-0.25, -0.2) is 9.48 Å². The zero-order chi connectivity index (χ0) is 14.7. The van der Waals surface area contributed by atoms with Crippen LogP contribution in [0.4, 0.5) is 5.69 Å². The van der Waals surface area contributed by atoms with Crippen molar-refractivity contribution in [3.8, 4) is 11.5 Å². The Hall–Kier alpha value is -2.77. The number of hydrogen-bond acceptors (Lipinski definition) is 5. The van der Waals surface area contributed by atoms with E-state index in [-0.39, 0.29) is 5.82 Å². The zero-order valence-electron chi connectivity index (χ0n) is 11.3. The highest BCUT2D eigenvalue weighted by Crippen LogP contribution is 2.28. The normalized spacial score (nSPS) is 10.2. The highest BCUT2D eigenvalue weighted by molar-refractivity contribution is 6.02. The Balaban J connectivity index is 2.28. The van der Waals surface area contributed by atoms with Crippen LogP contribution in [0.25, 0.3) is 0 Å². The van der Waals surface area contributed by atoms with E-state index >= 15 is 0 Å². The van der Waals surface area contributed by atoms with E-state index in [0.717, 1.165) is 4.68 Å². The third-order valence-electron chi connectivity index (χ3n) is 2.64. The molecule has 8 heteroatoms. The minimum absolute atomic E-state index is 0.0811. The predicted octanol–water partition coefficient (Wildman–Crippen LogP) is 0.378. The summed E-state index contributed by atoms with van der Waals surface area (Å²) in [5.41, 5.74) is -0.0453. The van der Waals surface area contributed by atoms with Crippen molar-refractivity contribution in [3.63, 3.8) is 0 Å². The smallest absolute Gasteiger partial charge is 0.343 e. The Bertz CT molecular complexity index is 689. The van der Waals surface area contributed by atoms with Gasteiger partial charge in [-0.05, 0) is 12.1 Å². The number of carbonyl (C=O) groups is 1. The molecule has 0 radical (unpaired) electrons. The molecule has 0 aliphatic heterocycles. The van der Waals surface area contributed by atoms with E-state index < -0.39 is 11.6 Å². The molecule has 2 N–H and O–H groups in total. The highest BCUT2D eigenvalue weighted by atomic mass is 16.5. The first kappa shape index (κ1) is 13.7. The molecule has 1 aromatic heterocycles. The minimum Gasteiger partial charge on any atom is -0.497 e. The molecule has 2 aromatic rings. The largest absolute Gasteiger partial charge is 0.497 e. The van der Waals surface area contributed by atoms with Gasteiger partial charge in [-0.2, -0.15) is 0 Å². The van der Waals surface area contributed by atoms with Crippen LogP contribution in [0.15, 0.2) is 23.0 Å². The molecule has 1 aromatic carbocycles. The van der Waals surface area contributed by atoms with E-state index in [4.69, 9.17) is 9.47 Å². The average Bonchev–Trinajstić information content (AvgIpc) is 2.78. The number of carbonyl (C=O) groups excluding carboxylic acids is 1. The van der Waals surface area contributed by atoms with Gasteiger partial charge in [0.2, 0.25) is 5.82 Å². The molecule has 0 bridgehead atoms. The quantitative estimate of drug-likeness (QED) is 0.842. The Morgan fingerprint density at radius 2 is 2.10 bits per heavy atom. The molecule has 0 spiro atoms. The molecular formula is C12H14N4O4. The number of aryl methyl sites for hydroxylation is 1. The van der Waals surface area contributed by atoms with Gasteiger partial charge in [0, 0.05) is 13.1 Å². The first-order valence-electron chi connectivity index (χ1n) is 5.72. The van der Waals surface area contributed by atoms with Crippen LogP contribution in [-0.2, 0) is 7.05 Å². The van der Waals surface area contributed by atoms with Crippen LogP contribution in [0.5, 0.6) is 11.5 Å². The standard InChI is InChI=1S/C12H14N4O4/c1-16-12(18)14-10(15-16)11(17)13-8-6-7(19-2)4-5-9(8)20-3/h4-6H,1-3H3,(H,13,17)(H,14,15,18). The number of benzene rings is 1. The molecule has 0 aliphatic rings. The van der Waals surface area contributed by atoms with Crippen LogP contribution in [0.3, 0.4) is 0 Å². The first-order chi connectivity index (χ1) is 9.55. The van der Waals surface area contributed by atoms with Crippen LogP contribution >= 0.6 is 0 Å². The lowest BCUT2D eigenvalue weighted by Gasteiger charge is -2.10. The maximum Gasteiger partial charge on any atom is 0.343 e. The molecule has 1 amide bonds. The number of aromatic nitrogens is 3. The van der Waals surface area contributed by atoms with Crippen molar-refractivity contribution in [2.24, 2.45) is 7.05 Å². The number of anilines is 1. The lowest BCUT2D eigenvalue weighted by molar-refractivity contribution is 0.101. The van der Waals surface area contributed by atoms with Crippen molar-refractivity contribution < 1.29 is 14.3 Å². The lowest BCUT2D eigenvalue weighted by atomic mass is 10.2. The number of H-pyrrole nitrogens is 1. The molecule has 0 aliphatic carbocycles. The molecule has 0 saturated heterocycles. The molecule has 0 atom stereocenters. The number of hydrogen-bond donors (Lipinski definition) is 2. The van der Waals surface area contributed by atoms with Crippen molar-refractivity contribution in [3.05, 3.63) is 34.5 Å². The molecule has 1 heterocycles. The van der Waals surface area contributed by atoms with Crippen molar-refractivity contribution in [1.29, 1.82) is 0 Å². The molecule has 106 valence electrons. The molecule has 2 rings (SSSR count). The van der Waals surface area contributed by atoms with E-state index in [0.29, 0.717) is 17.2 Å². The van der Waals surface area contributed by atoms with Gasteiger partial charge in [0.1, 0.15) is 11.5 Å². The van der Waals surface area contributed by atoms with Gasteiger partial charge in [-0.15, -0.1) is 5.10 Å². The molecule has 0 fully saturated rings. The van der Waals surface area contributed by atoms with E-state index in [1.54, 1.807) is 18.2 Å². The number of nitrogens with zero attached hydrogens (tertiary/aromatic N) is 2. The second kappa shape index (κ2) is 5.47. The zero-order valence-corrected chi connectivity index (χ0v) is 11.3. The summed E-state index contributed by atoms with van der Waals surface area (Å²) in [7, 11) is 4.45. The maximum atomic E-state index is 12.0. The summed E-state index contributed by atoms with van der Waals surface area (Å²) in [4.78, 5) is 25.6. The summed E-state index contributed by atoms with van der Waals surface area (Å²) in [6.45, 7) is 0. The number of methoxy groups -OCH3 is 2. The number of rotatable bonds is 4. The topological polar surface area (TPSA) is 98.2 Å².